The van der Waals surface area contributed by atoms with E-state index in [0.29, 0.717) is 11.3 Å². The number of non-ortho nitro benzene ring substituents is 1. The Hall–Kier alpha value is -3.41. The molecule has 6 nitrogen and oxygen atoms in total. The van der Waals surface area contributed by atoms with Crippen molar-refractivity contribution in [2.45, 2.75) is 13.0 Å². The van der Waals surface area contributed by atoms with Crippen molar-refractivity contribution in [1.82, 2.24) is 0 Å². The van der Waals surface area contributed by atoms with Gasteiger partial charge in [0.15, 0.2) is 0 Å². The highest BCUT2D eigenvalue weighted by atomic mass is 16.6. The van der Waals surface area contributed by atoms with E-state index in [1.807, 2.05) is 25.1 Å². The quantitative estimate of drug-likeness (QED) is 0.396. The standard InChI is InChI=1S/C19H15NO5/c1-13(2-3-14-4-8-16(9-5-14)20(22)23)24-17-10-6-15-7-11-19(21)25-18(15)12-17/h2-13H,1H3/b3-2+. The minimum Gasteiger partial charge on any atom is -0.487 e. The van der Waals surface area contributed by atoms with Crippen LogP contribution in [0.3, 0.4) is 0 Å². The van der Waals surface area contributed by atoms with E-state index in [9.17, 15) is 14.9 Å². The summed E-state index contributed by atoms with van der Waals surface area (Å²) in [6.07, 6.45) is 3.44. The van der Waals surface area contributed by atoms with E-state index in [0.717, 1.165) is 10.9 Å². The molecule has 0 aliphatic carbocycles. The van der Waals surface area contributed by atoms with E-state index < -0.39 is 10.5 Å². The minimum atomic E-state index is -0.433. The van der Waals surface area contributed by atoms with E-state index in [-0.39, 0.29) is 11.8 Å². The second-order valence-corrected chi connectivity index (χ2v) is 5.48. The monoisotopic (exact) mass is 337 g/mol. The summed E-state index contributed by atoms with van der Waals surface area (Å²) in [5.41, 5.74) is 0.956. The van der Waals surface area contributed by atoms with Gasteiger partial charge in [-0.25, -0.2) is 4.79 Å². The molecule has 0 amide bonds. The van der Waals surface area contributed by atoms with Crippen LogP contribution in [0.25, 0.3) is 17.0 Å². The normalized spacial score (nSPS) is 12.4. The van der Waals surface area contributed by atoms with Crippen LogP contribution < -0.4 is 10.4 Å². The SMILES string of the molecule is CC(/C=C/c1ccc([N+](=O)[O-])cc1)Oc1ccc2ccc(=O)oc2c1. The molecular formula is C19H15NO5. The van der Waals surface area contributed by atoms with E-state index >= 15 is 0 Å². The summed E-state index contributed by atoms with van der Waals surface area (Å²) in [5.74, 6) is 0.586. The van der Waals surface area contributed by atoms with Crippen molar-refractivity contribution in [3.63, 3.8) is 0 Å². The highest BCUT2D eigenvalue weighted by Crippen LogP contribution is 2.21. The summed E-state index contributed by atoms with van der Waals surface area (Å²) in [5, 5.41) is 11.5. The molecule has 1 atom stereocenters. The molecule has 0 aliphatic rings. The molecular weight excluding hydrogens is 322 g/mol. The number of nitrogens with zero attached hydrogens (tertiary/aromatic N) is 1. The smallest absolute Gasteiger partial charge is 0.336 e. The molecule has 0 aliphatic heterocycles. The number of hydrogen-bond donors (Lipinski definition) is 0. The first-order valence-corrected chi connectivity index (χ1v) is 7.64. The van der Waals surface area contributed by atoms with Crippen LogP contribution in [-0.2, 0) is 0 Å². The molecule has 126 valence electrons. The summed E-state index contributed by atoms with van der Waals surface area (Å²) >= 11 is 0. The molecule has 25 heavy (non-hydrogen) atoms. The average Bonchev–Trinajstić information content (AvgIpc) is 2.60. The van der Waals surface area contributed by atoms with Gasteiger partial charge in [0, 0.05) is 29.7 Å². The number of fused-ring (bicyclic) bond motifs is 1. The molecule has 1 heterocycles. The zero-order chi connectivity index (χ0) is 17.8. The lowest BCUT2D eigenvalue weighted by molar-refractivity contribution is -0.384. The summed E-state index contributed by atoms with van der Waals surface area (Å²) in [4.78, 5) is 21.5. The lowest BCUT2D eigenvalue weighted by atomic mass is 10.2. The van der Waals surface area contributed by atoms with E-state index in [1.54, 1.807) is 30.3 Å². The predicted molar refractivity (Wildman–Crippen MR) is 94.7 cm³/mol. The molecule has 0 spiro atoms. The Labute approximate surface area is 143 Å². The summed E-state index contributed by atoms with van der Waals surface area (Å²) in [6.45, 7) is 1.87. The number of nitro groups is 1. The Balaban J connectivity index is 1.70. The van der Waals surface area contributed by atoms with Crippen molar-refractivity contribution in [3.8, 4) is 5.75 Å². The van der Waals surface area contributed by atoms with Crippen LogP contribution in [-0.4, -0.2) is 11.0 Å². The van der Waals surface area contributed by atoms with Gasteiger partial charge in [0.1, 0.15) is 17.4 Å². The van der Waals surface area contributed by atoms with Gasteiger partial charge in [0.25, 0.3) is 5.69 Å². The first kappa shape index (κ1) is 16.4. The van der Waals surface area contributed by atoms with Crippen molar-refractivity contribution < 1.29 is 14.1 Å². The van der Waals surface area contributed by atoms with Crippen LogP contribution >= 0.6 is 0 Å². The van der Waals surface area contributed by atoms with Gasteiger partial charge < -0.3 is 9.15 Å². The van der Waals surface area contributed by atoms with Gasteiger partial charge in [-0.1, -0.05) is 6.08 Å². The molecule has 6 heteroatoms. The second kappa shape index (κ2) is 7.00. The van der Waals surface area contributed by atoms with Gasteiger partial charge in [0.2, 0.25) is 0 Å². The van der Waals surface area contributed by atoms with Gasteiger partial charge in [-0.2, -0.15) is 0 Å². The maximum Gasteiger partial charge on any atom is 0.336 e. The zero-order valence-electron chi connectivity index (χ0n) is 13.4. The third-order valence-electron chi connectivity index (χ3n) is 3.58. The van der Waals surface area contributed by atoms with Crippen molar-refractivity contribution in [2.24, 2.45) is 0 Å². The van der Waals surface area contributed by atoms with Crippen molar-refractivity contribution in [1.29, 1.82) is 0 Å². The Kier molecular flexibility index (Phi) is 4.61. The van der Waals surface area contributed by atoms with Crippen LogP contribution in [0.15, 0.2) is 69.9 Å². The lowest BCUT2D eigenvalue weighted by Gasteiger charge is -2.11. The average molecular weight is 337 g/mol. The van der Waals surface area contributed by atoms with Crippen molar-refractivity contribution >= 4 is 22.7 Å². The predicted octanol–water partition coefficient (Wildman–Crippen LogP) is 4.18. The summed E-state index contributed by atoms with van der Waals surface area (Å²) in [7, 11) is 0. The fourth-order valence-electron chi connectivity index (χ4n) is 2.32. The van der Waals surface area contributed by atoms with E-state index in [4.69, 9.17) is 9.15 Å². The Morgan fingerprint density at radius 2 is 1.84 bits per heavy atom. The number of hydrogen-bond acceptors (Lipinski definition) is 5. The van der Waals surface area contributed by atoms with Crippen LogP contribution in [0.2, 0.25) is 0 Å². The van der Waals surface area contributed by atoms with Gasteiger partial charge in [-0.05, 0) is 48.9 Å². The first-order chi connectivity index (χ1) is 12.0. The third-order valence-corrected chi connectivity index (χ3v) is 3.58. The Morgan fingerprint density at radius 3 is 2.56 bits per heavy atom. The molecule has 1 unspecified atom stereocenters. The Bertz CT molecular complexity index is 989. The Morgan fingerprint density at radius 1 is 1.12 bits per heavy atom. The first-order valence-electron chi connectivity index (χ1n) is 7.64. The molecule has 0 radical (unpaired) electrons. The highest BCUT2D eigenvalue weighted by Gasteiger charge is 2.05. The van der Waals surface area contributed by atoms with Gasteiger partial charge in [-0.15, -0.1) is 0 Å². The maximum atomic E-state index is 11.3. The number of rotatable bonds is 5. The zero-order valence-corrected chi connectivity index (χ0v) is 13.4. The maximum absolute atomic E-state index is 11.3. The van der Waals surface area contributed by atoms with Crippen molar-refractivity contribution in [3.05, 3.63) is 86.8 Å². The molecule has 0 N–H and O–H groups in total. The van der Waals surface area contributed by atoms with Crippen molar-refractivity contribution in [2.75, 3.05) is 0 Å². The number of nitro benzene ring substituents is 1. The van der Waals surface area contributed by atoms with Gasteiger partial charge in [-0.3, -0.25) is 10.1 Å². The molecule has 0 saturated carbocycles. The largest absolute Gasteiger partial charge is 0.487 e. The van der Waals surface area contributed by atoms with Gasteiger partial charge >= 0.3 is 5.63 Å². The number of ether oxygens (including phenoxy) is 1. The van der Waals surface area contributed by atoms with Gasteiger partial charge in [0.05, 0.1) is 4.92 Å². The molecule has 0 bridgehead atoms. The topological polar surface area (TPSA) is 82.6 Å². The van der Waals surface area contributed by atoms with Crippen LogP contribution in [0, 0.1) is 10.1 Å². The van der Waals surface area contributed by atoms with Crippen LogP contribution in [0.5, 0.6) is 5.75 Å². The second-order valence-electron chi connectivity index (χ2n) is 5.48. The number of benzene rings is 2. The van der Waals surface area contributed by atoms with Crippen LogP contribution in [0.1, 0.15) is 12.5 Å². The summed E-state index contributed by atoms with van der Waals surface area (Å²) < 4.78 is 10.9. The van der Waals surface area contributed by atoms with E-state index in [2.05, 4.69) is 0 Å². The van der Waals surface area contributed by atoms with Crippen LogP contribution in [0.4, 0.5) is 5.69 Å². The highest BCUT2D eigenvalue weighted by molar-refractivity contribution is 5.77. The molecule has 3 rings (SSSR count). The summed E-state index contributed by atoms with van der Waals surface area (Å²) in [6, 6.07) is 14.6. The van der Waals surface area contributed by atoms with E-state index in [1.165, 1.54) is 18.2 Å². The molecule has 3 aromatic rings. The lowest BCUT2D eigenvalue weighted by Crippen LogP contribution is -2.07. The fourth-order valence-corrected chi connectivity index (χ4v) is 2.32. The third kappa shape index (κ3) is 4.11. The molecule has 1 aromatic heterocycles. The molecule has 0 saturated heterocycles. The fraction of sp³-hybridized carbons (Fsp3) is 0.105. The minimum absolute atomic E-state index is 0.0547. The molecule has 2 aromatic carbocycles. The molecule has 0 fully saturated rings.